The molecule has 2 aromatic carbocycles. The lowest BCUT2D eigenvalue weighted by molar-refractivity contribution is -0.192. The van der Waals surface area contributed by atoms with E-state index in [4.69, 9.17) is 26.2 Å². The molecule has 17 heteroatoms. The number of hydrogen-bond acceptors (Lipinski definition) is 8. The number of benzene rings is 2. The Bertz CT molecular complexity index is 1440. The van der Waals surface area contributed by atoms with Gasteiger partial charge in [-0.1, -0.05) is 23.7 Å². The van der Waals surface area contributed by atoms with Crippen molar-refractivity contribution in [2.45, 2.75) is 30.3 Å². The number of carboxylic acid groups (broad SMARTS) is 1. The number of hydrogen-bond donors (Lipinski definition) is 3. The maximum atomic E-state index is 14.7. The summed E-state index contributed by atoms with van der Waals surface area (Å²) in [6.07, 6.45) is -4.90. The molecule has 0 bridgehead atoms. The van der Waals surface area contributed by atoms with E-state index in [9.17, 15) is 30.4 Å². The fraction of sp³-hybridized carbons (Fsp3) is 0.304. The lowest BCUT2D eigenvalue weighted by atomic mass is 10.0. The van der Waals surface area contributed by atoms with E-state index in [0.29, 0.717) is 12.1 Å². The second-order valence-electron chi connectivity index (χ2n) is 8.33. The number of ether oxygens (including phenoxy) is 1. The predicted molar refractivity (Wildman–Crippen MR) is 138 cm³/mol. The highest BCUT2D eigenvalue weighted by atomic mass is 35.5. The van der Waals surface area contributed by atoms with Gasteiger partial charge in [-0.05, 0) is 23.8 Å². The summed E-state index contributed by atoms with van der Waals surface area (Å²) >= 11 is 7.43. The molecule has 4 rings (SSSR count). The zero-order chi connectivity index (χ0) is 29.7. The molecule has 0 radical (unpaired) electrons. The quantitative estimate of drug-likeness (QED) is 0.285. The molecule has 0 aliphatic carbocycles. The summed E-state index contributed by atoms with van der Waals surface area (Å²) in [6, 6.07) is 6.83. The average molecular weight is 629 g/mol. The van der Waals surface area contributed by atoms with Gasteiger partial charge in [-0.25, -0.2) is 27.0 Å². The van der Waals surface area contributed by atoms with E-state index in [1.54, 1.807) is 13.2 Å². The third kappa shape index (κ3) is 8.23. The Morgan fingerprint density at radius 1 is 1.25 bits per heavy atom. The summed E-state index contributed by atoms with van der Waals surface area (Å²) in [7, 11) is -2.56. The van der Waals surface area contributed by atoms with Gasteiger partial charge in [-0.3, -0.25) is 9.62 Å². The predicted octanol–water partition coefficient (Wildman–Crippen LogP) is 4.95. The molecule has 3 N–H and O–H groups in total. The second kappa shape index (κ2) is 13.1. The van der Waals surface area contributed by atoms with E-state index in [0.717, 1.165) is 30.8 Å². The first-order valence-corrected chi connectivity index (χ1v) is 14.0. The van der Waals surface area contributed by atoms with Crippen molar-refractivity contribution in [3.05, 3.63) is 69.0 Å². The Hall–Kier alpha value is -3.05. The van der Waals surface area contributed by atoms with Gasteiger partial charge in [0.2, 0.25) is 0 Å². The third-order valence-corrected chi connectivity index (χ3v) is 7.82. The van der Waals surface area contributed by atoms with Crippen molar-refractivity contribution >= 4 is 50.4 Å². The van der Waals surface area contributed by atoms with Crippen LogP contribution in [0.1, 0.15) is 11.1 Å². The van der Waals surface area contributed by atoms with Crippen molar-refractivity contribution in [2.75, 3.05) is 30.2 Å². The Balaban J connectivity index is 0.000000559. The Labute approximate surface area is 234 Å². The number of carboxylic acids is 1. The van der Waals surface area contributed by atoms with Crippen LogP contribution >= 0.6 is 22.9 Å². The van der Waals surface area contributed by atoms with Crippen LogP contribution in [-0.4, -0.2) is 61.9 Å². The van der Waals surface area contributed by atoms with Gasteiger partial charge in [0.25, 0.3) is 10.0 Å². The number of halogens is 6. The zero-order valence-corrected chi connectivity index (χ0v) is 22.9. The summed E-state index contributed by atoms with van der Waals surface area (Å²) in [5.74, 6) is -4.06. The summed E-state index contributed by atoms with van der Waals surface area (Å²) in [4.78, 5) is 14.3. The fourth-order valence-electron chi connectivity index (χ4n) is 3.50. The molecule has 2 heterocycles. The van der Waals surface area contributed by atoms with Gasteiger partial charge in [0.15, 0.2) is 5.82 Å². The van der Waals surface area contributed by atoms with Gasteiger partial charge < -0.3 is 15.2 Å². The molecule has 0 unspecified atom stereocenters. The minimum absolute atomic E-state index is 0.0152. The number of thiazole rings is 1. The zero-order valence-electron chi connectivity index (χ0n) is 20.5. The molecular formula is C23H22ClF5N4O5S2. The number of nitrogens with one attached hydrogen (secondary N) is 2. The maximum Gasteiger partial charge on any atom is 0.490 e. The number of nitrogens with zero attached hydrogens (tertiary/aromatic N) is 2. The topological polar surface area (TPSA) is 121 Å². The van der Waals surface area contributed by atoms with Crippen molar-refractivity contribution < 1.29 is 45.0 Å². The van der Waals surface area contributed by atoms with Gasteiger partial charge in [0, 0.05) is 44.2 Å². The van der Waals surface area contributed by atoms with Crippen LogP contribution in [0.3, 0.4) is 0 Å². The van der Waals surface area contributed by atoms with Crippen molar-refractivity contribution in [3.63, 3.8) is 0 Å². The third-order valence-electron chi connectivity index (χ3n) is 5.55. The highest BCUT2D eigenvalue weighted by Gasteiger charge is 2.38. The van der Waals surface area contributed by atoms with Crippen LogP contribution in [0.15, 0.2) is 46.1 Å². The number of carbonyl (C=O) groups is 1. The Kier molecular flexibility index (Phi) is 10.3. The number of sulfonamides is 1. The Morgan fingerprint density at radius 3 is 2.50 bits per heavy atom. The van der Waals surface area contributed by atoms with Gasteiger partial charge in [-0.15, -0.1) is 11.3 Å². The number of aliphatic carboxylic acids is 1. The van der Waals surface area contributed by atoms with Crippen LogP contribution in [-0.2, 0) is 32.6 Å². The van der Waals surface area contributed by atoms with Crippen molar-refractivity contribution in [3.8, 4) is 0 Å². The minimum atomic E-state index is -5.08. The first-order valence-electron chi connectivity index (χ1n) is 11.2. The number of methoxy groups -OCH3 is 1. The van der Waals surface area contributed by atoms with Crippen LogP contribution < -0.4 is 10.0 Å². The van der Waals surface area contributed by atoms with Gasteiger partial charge >= 0.3 is 12.1 Å². The van der Waals surface area contributed by atoms with Gasteiger partial charge in [0.1, 0.15) is 16.5 Å². The SMILES string of the molecule is COC1CN(Cc2cccc(F)c2CNc2cc(F)c(S(=O)(=O)Nc3cscn3)cc2Cl)C1.O=C(O)C(F)(F)F. The molecule has 1 aliphatic rings. The summed E-state index contributed by atoms with van der Waals surface area (Å²) in [6.45, 7) is 2.13. The normalized spacial score (nSPS) is 14.2. The van der Waals surface area contributed by atoms with Gasteiger partial charge in [0.05, 0.1) is 22.3 Å². The smallest absolute Gasteiger partial charge is 0.475 e. The molecular weight excluding hydrogens is 607 g/mol. The minimum Gasteiger partial charge on any atom is -0.475 e. The molecule has 1 aromatic heterocycles. The number of anilines is 2. The van der Waals surface area contributed by atoms with E-state index >= 15 is 0 Å². The molecule has 9 nitrogen and oxygen atoms in total. The summed E-state index contributed by atoms with van der Waals surface area (Å²) in [5.41, 5.74) is 2.82. The highest BCUT2D eigenvalue weighted by Crippen LogP contribution is 2.30. The Morgan fingerprint density at radius 2 is 1.93 bits per heavy atom. The average Bonchev–Trinajstić information content (AvgIpc) is 3.34. The summed E-state index contributed by atoms with van der Waals surface area (Å²) in [5, 5.41) is 11.5. The monoisotopic (exact) mass is 628 g/mol. The number of aromatic nitrogens is 1. The molecule has 1 saturated heterocycles. The van der Waals surface area contributed by atoms with Crippen LogP contribution in [0, 0.1) is 11.6 Å². The van der Waals surface area contributed by atoms with Crippen molar-refractivity contribution in [1.29, 1.82) is 0 Å². The van der Waals surface area contributed by atoms with Crippen LogP contribution in [0.2, 0.25) is 5.02 Å². The molecule has 40 heavy (non-hydrogen) atoms. The van der Waals surface area contributed by atoms with Crippen molar-refractivity contribution in [2.24, 2.45) is 0 Å². The number of rotatable bonds is 9. The van der Waals surface area contributed by atoms with E-state index in [1.807, 2.05) is 6.07 Å². The molecule has 3 aromatic rings. The molecule has 0 saturated carbocycles. The maximum absolute atomic E-state index is 14.7. The van der Waals surface area contributed by atoms with Crippen LogP contribution in [0.4, 0.5) is 33.5 Å². The summed E-state index contributed by atoms with van der Waals surface area (Å²) < 4.78 is 93.5. The standard InChI is InChI=1S/C21H21ClF2N4O3S2.C2HF3O2/c1-31-14-9-28(10-14)8-13-3-2-4-17(23)15(13)7-25-19-6-18(24)20(5-16(19)22)33(29,30)27-21-11-32-12-26-21;3-2(4,5)1(6)7/h2-6,11-12,14,25,27H,7-10H2,1H3;(H,6,7). The molecule has 0 atom stereocenters. The molecule has 0 amide bonds. The fourth-order valence-corrected chi connectivity index (χ4v) is 5.44. The number of alkyl halides is 3. The van der Waals surface area contributed by atoms with Crippen LogP contribution in [0.5, 0.6) is 0 Å². The van der Waals surface area contributed by atoms with Crippen molar-refractivity contribution in [1.82, 2.24) is 9.88 Å². The van der Waals surface area contributed by atoms with Crippen LogP contribution in [0.25, 0.3) is 0 Å². The molecule has 1 aliphatic heterocycles. The largest absolute Gasteiger partial charge is 0.490 e. The first-order chi connectivity index (χ1) is 18.7. The highest BCUT2D eigenvalue weighted by molar-refractivity contribution is 7.92. The second-order valence-corrected chi connectivity index (χ2v) is 11.1. The van der Waals surface area contributed by atoms with E-state index in [1.165, 1.54) is 28.3 Å². The van der Waals surface area contributed by atoms with E-state index < -0.39 is 38.7 Å². The number of likely N-dealkylation sites (tertiary alicyclic amines) is 1. The molecule has 0 spiro atoms. The van der Waals surface area contributed by atoms with E-state index in [2.05, 4.69) is 19.9 Å². The first kappa shape index (κ1) is 31.5. The van der Waals surface area contributed by atoms with E-state index in [-0.39, 0.29) is 29.2 Å². The lowest BCUT2D eigenvalue weighted by Crippen LogP contribution is -2.51. The molecule has 1 fully saturated rings. The molecule has 218 valence electrons. The van der Waals surface area contributed by atoms with Gasteiger partial charge in [-0.2, -0.15) is 13.2 Å². The lowest BCUT2D eigenvalue weighted by Gasteiger charge is -2.38.